The number of anilines is 1. The third kappa shape index (κ3) is 4.90. The van der Waals surface area contributed by atoms with E-state index in [1.807, 2.05) is 35.2 Å². The van der Waals surface area contributed by atoms with E-state index in [-0.39, 0.29) is 12.1 Å². The highest BCUT2D eigenvalue weighted by molar-refractivity contribution is 5.89. The highest BCUT2D eigenvalue weighted by Gasteiger charge is 2.32. The lowest BCUT2D eigenvalue weighted by Crippen LogP contribution is -2.40. The summed E-state index contributed by atoms with van der Waals surface area (Å²) in [6, 6.07) is 25.3. The van der Waals surface area contributed by atoms with Crippen LogP contribution in [0.5, 0.6) is 5.75 Å². The van der Waals surface area contributed by atoms with Gasteiger partial charge in [-0.2, -0.15) is 5.26 Å². The van der Waals surface area contributed by atoms with Crippen LogP contribution in [0.1, 0.15) is 45.2 Å². The molecule has 0 unspecified atom stereocenters. The highest BCUT2D eigenvalue weighted by atomic mass is 16.5. The standard InChI is InChI=1S/C33H30N4O3/c1-21-15-25(39-2)11-12-26(21)32-27-17-31(23-8-4-3-5-9-23)40-20-29(27)28-19-37(14-13-30(28)36-32)33(38)35-24-10-6-7-22(16-24)18-34/h3-12,15-16,31H,13-14,17,19-20H2,1-2H3,(H,35,38)/t31-/m1/s1. The Hall–Kier alpha value is -4.67. The molecule has 3 aromatic carbocycles. The van der Waals surface area contributed by atoms with E-state index in [0.29, 0.717) is 43.8 Å². The Morgan fingerprint density at radius 3 is 2.70 bits per heavy atom. The average Bonchev–Trinajstić information content (AvgIpc) is 3.00. The molecule has 40 heavy (non-hydrogen) atoms. The summed E-state index contributed by atoms with van der Waals surface area (Å²) in [4.78, 5) is 20.3. The number of carbonyl (C=O) groups is 1. The second-order valence-corrected chi connectivity index (χ2v) is 10.2. The summed E-state index contributed by atoms with van der Waals surface area (Å²) in [5.41, 5.74) is 9.83. The number of carbonyl (C=O) groups excluding carboxylic acids is 1. The Morgan fingerprint density at radius 2 is 1.93 bits per heavy atom. The van der Waals surface area contributed by atoms with Crippen molar-refractivity contribution in [1.82, 2.24) is 9.88 Å². The monoisotopic (exact) mass is 530 g/mol. The third-order valence-corrected chi connectivity index (χ3v) is 7.79. The minimum atomic E-state index is -0.191. The number of aryl methyl sites for hydroxylation is 1. The van der Waals surface area contributed by atoms with Crippen molar-refractivity contribution in [2.75, 3.05) is 19.0 Å². The number of hydrogen-bond acceptors (Lipinski definition) is 5. The molecule has 6 rings (SSSR count). The fourth-order valence-electron chi connectivity index (χ4n) is 5.67. The molecule has 3 heterocycles. The van der Waals surface area contributed by atoms with Gasteiger partial charge in [0.15, 0.2) is 0 Å². The van der Waals surface area contributed by atoms with Crippen LogP contribution in [-0.4, -0.2) is 29.6 Å². The number of methoxy groups -OCH3 is 1. The first-order valence-corrected chi connectivity index (χ1v) is 13.4. The number of urea groups is 1. The number of aromatic nitrogens is 1. The molecule has 4 aromatic rings. The van der Waals surface area contributed by atoms with Gasteiger partial charge in [-0.05, 0) is 71.1 Å². The lowest BCUT2D eigenvalue weighted by Gasteiger charge is -2.35. The number of nitrogens with one attached hydrogen (secondary N) is 1. The van der Waals surface area contributed by atoms with Crippen LogP contribution < -0.4 is 10.1 Å². The largest absolute Gasteiger partial charge is 0.497 e. The van der Waals surface area contributed by atoms with Crippen molar-refractivity contribution in [2.45, 2.75) is 39.0 Å². The Balaban J connectivity index is 1.37. The van der Waals surface area contributed by atoms with E-state index < -0.39 is 0 Å². The van der Waals surface area contributed by atoms with Gasteiger partial charge in [0.1, 0.15) is 5.75 Å². The molecular weight excluding hydrogens is 500 g/mol. The number of fused-ring (bicyclic) bond motifs is 3. The fraction of sp³-hybridized carbons (Fsp3) is 0.242. The highest BCUT2D eigenvalue weighted by Crippen LogP contribution is 2.40. The van der Waals surface area contributed by atoms with Gasteiger partial charge in [-0.25, -0.2) is 4.79 Å². The number of ether oxygens (including phenoxy) is 2. The molecule has 2 amide bonds. The Morgan fingerprint density at radius 1 is 1.07 bits per heavy atom. The predicted molar refractivity (Wildman–Crippen MR) is 153 cm³/mol. The summed E-state index contributed by atoms with van der Waals surface area (Å²) in [5.74, 6) is 0.820. The summed E-state index contributed by atoms with van der Waals surface area (Å²) in [6.07, 6.45) is 1.29. The van der Waals surface area contributed by atoms with Crippen molar-refractivity contribution in [1.29, 1.82) is 5.26 Å². The van der Waals surface area contributed by atoms with Gasteiger partial charge in [0.2, 0.25) is 0 Å². The van der Waals surface area contributed by atoms with E-state index in [1.165, 1.54) is 5.56 Å². The predicted octanol–water partition coefficient (Wildman–Crippen LogP) is 6.34. The molecule has 0 fully saturated rings. The van der Waals surface area contributed by atoms with Crippen LogP contribution in [0.2, 0.25) is 0 Å². The summed E-state index contributed by atoms with van der Waals surface area (Å²) in [7, 11) is 1.68. The van der Waals surface area contributed by atoms with Crippen molar-refractivity contribution < 1.29 is 14.3 Å². The zero-order valence-electron chi connectivity index (χ0n) is 22.6. The van der Waals surface area contributed by atoms with E-state index in [2.05, 4.69) is 36.5 Å². The van der Waals surface area contributed by atoms with Crippen LogP contribution in [0, 0.1) is 18.3 Å². The molecule has 0 saturated carbocycles. The number of amides is 2. The van der Waals surface area contributed by atoms with Crippen molar-refractivity contribution in [3.8, 4) is 23.1 Å². The van der Waals surface area contributed by atoms with E-state index in [1.54, 1.807) is 31.4 Å². The molecule has 0 aliphatic carbocycles. The van der Waals surface area contributed by atoms with Gasteiger partial charge in [-0.3, -0.25) is 4.98 Å². The Labute approximate surface area is 234 Å². The summed E-state index contributed by atoms with van der Waals surface area (Å²) in [6.45, 7) is 3.56. The van der Waals surface area contributed by atoms with Crippen LogP contribution in [0.15, 0.2) is 72.8 Å². The van der Waals surface area contributed by atoms with Gasteiger partial charge >= 0.3 is 6.03 Å². The maximum absolute atomic E-state index is 13.2. The number of pyridine rings is 1. The topological polar surface area (TPSA) is 87.5 Å². The van der Waals surface area contributed by atoms with Gasteiger partial charge in [-0.15, -0.1) is 0 Å². The Kier molecular flexibility index (Phi) is 6.93. The molecule has 0 spiro atoms. The second-order valence-electron chi connectivity index (χ2n) is 10.2. The third-order valence-electron chi connectivity index (χ3n) is 7.79. The zero-order chi connectivity index (χ0) is 27.6. The Bertz CT molecular complexity index is 1630. The van der Waals surface area contributed by atoms with E-state index in [0.717, 1.165) is 45.0 Å². The summed E-state index contributed by atoms with van der Waals surface area (Å²) >= 11 is 0. The van der Waals surface area contributed by atoms with Crippen molar-refractivity contribution >= 4 is 11.7 Å². The van der Waals surface area contributed by atoms with E-state index in [4.69, 9.17) is 14.5 Å². The number of rotatable bonds is 4. The molecule has 0 radical (unpaired) electrons. The molecule has 2 aliphatic rings. The lowest BCUT2D eigenvalue weighted by molar-refractivity contribution is 0.0264. The maximum atomic E-state index is 13.2. The van der Waals surface area contributed by atoms with Gasteiger partial charge < -0.3 is 19.7 Å². The molecule has 1 aromatic heterocycles. The minimum Gasteiger partial charge on any atom is -0.497 e. The van der Waals surface area contributed by atoms with E-state index in [9.17, 15) is 10.1 Å². The summed E-state index contributed by atoms with van der Waals surface area (Å²) < 4.78 is 11.9. The quantitative estimate of drug-likeness (QED) is 0.333. The first-order chi connectivity index (χ1) is 19.5. The normalized spacial score (nSPS) is 15.9. The van der Waals surface area contributed by atoms with Gasteiger partial charge in [0, 0.05) is 42.9 Å². The van der Waals surface area contributed by atoms with Crippen LogP contribution in [0.25, 0.3) is 11.3 Å². The molecule has 1 atom stereocenters. The molecule has 1 N–H and O–H groups in total. The minimum absolute atomic E-state index is 0.0683. The first-order valence-electron chi connectivity index (χ1n) is 13.4. The molecule has 7 heteroatoms. The molecule has 200 valence electrons. The van der Waals surface area contributed by atoms with Crippen molar-refractivity contribution in [2.24, 2.45) is 0 Å². The van der Waals surface area contributed by atoms with Crippen LogP contribution >= 0.6 is 0 Å². The number of nitrogens with zero attached hydrogens (tertiary/aromatic N) is 3. The van der Waals surface area contributed by atoms with Crippen LogP contribution in [0.3, 0.4) is 0 Å². The van der Waals surface area contributed by atoms with Crippen LogP contribution in [-0.2, 0) is 30.7 Å². The van der Waals surface area contributed by atoms with Gasteiger partial charge in [0.25, 0.3) is 0 Å². The SMILES string of the molecule is COc1ccc(-c2nc3c(c4c2C[C@H](c2ccccc2)OC4)CN(C(=O)Nc2cccc(C#N)c2)CC3)c(C)c1. The van der Waals surface area contributed by atoms with Crippen LogP contribution in [0.4, 0.5) is 10.5 Å². The summed E-state index contributed by atoms with van der Waals surface area (Å²) in [5, 5.41) is 12.2. The zero-order valence-corrected chi connectivity index (χ0v) is 22.6. The van der Waals surface area contributed by atoms with E-state index >= 15 is 0 Å². The fourth-order valence-corrected chi connectivity index (χ4v) is 5.67. The number of nitriles is 1. The molecule has 7 nitrogen and oxygen atoms in total. The van der Waals surface area contributed by atoms with Gasteiger partial charge in [-0.1, -0.05) is 36.4 Å². The number of benzene rings is 3. The van der Waals surface area contributed by atoms with Crippen molar-refractivity contribution in [3.63, 3.8) is 0 Å². The molecule has 0 saturated heterocycles. The lowest BCUT2D eigenvalue weighted by atomic mass is 9.86. The number of hydrogen-bond donors (Lipinski definition) is 1. The molecular formula is C33H30N4O3. The second kappa shape index (κ2) is 10.8. The maximum Gasteiger partial charge on any atom is 0.322 e. The smallest absolute Gasteiger partial charge is 0.322 e. The first kappa shape index (κ1) is 25.6. The van der Waals surface area contributed by atoms with Crippen molar-refractivity contribution in [3.05, 3.63) is 112 Å². The molecule has 2 aliphatic heterocycles. The van der Waals surface area contributed by atoms with Gasteiger partial charge in [0.05, 0.1) is 37.1 Å². The average molecular weight is 531 g/mol. The molecule has 0 bridgehead atoms.